The first-order valence-corrected chi connectivity index (χ1v) is 8.97. The van der Waals surface area contributed by atoms with Gasteiger partial charge in [0.15, 0.2) is 6.54 Å². The molecule has 0 aromatic heterocycles. The summed E-state index contributed by atoms with van der Waals surface area (Å²) in [4.78, 5) is 14.9. The standard InChI is InChI=1S/C20H23FN4O/c21-19-8-4-7-18(13-19)14-22-23-20(26)16-25-11-9-24(10-12-25)15-17-5-2-1-3-6-17/h1-8,13-14H,9-12,15-16H2,(H,23,26)/p+2. The number of rotatable bonds is 6. The van der Waals surface area contributed by atoms with E-state index in [1.165, 1.54) is 28.8 Å². The van der Waals surface area contributed by atoms with Gasteiger partial charge in [0.1, 0.15) is 38.5 Å². The molecule has 0 spiro atoms. The van der Waals surface area contributed by atoms with Gasteiger partial charge in [0.05, 0.1) is 6.21 Å². The fourth-order valence-corrected chi connectivity index (χ4v) is 3.23. The lowest BCUT2D eigenvalue weighted by molar-refractivity contribution is -1.02. The number of halogens is 1. The van der Waals surface area contributed by atoms with E-state index in [0.29, 0.717) is 12.1 Å². The molecule has 136 valence electrons. The van der Waals surface area contributed by atoms with Gasteiger partial charge < -0.3 is 9.80 Å². The highest BCUT2D eigenvalue weighted by Crippen LogP contribution is 2.00. The Hall–Kier alpha value is -2.57. The minimum atomic E-state index is -0.319. The first-order valence-electron chi connectivity index (χ1n) is 8.97. The lowest BCUT2D eigenvalue weighted by atomic mass is 10.2. The van der Waals surface area contributed by atoms with E-state index in [0.717, 1.165) is 32.7 Å². The van der Waals surface area contributed by atoms with Crippen molar-refractivity contribution in [2.45, 2.75) is 6.54 Å². The average molecular weight is 356 g/mol. The molecule has 3 rings (SSSR count). The van der Waals surface area contributed by atoms with Crippen LogP contribution in [0.1, 0.15) is 11.1 Å². The molecule has 0 aliphatic carbocycles. The molecule has 1 saturated heterocycles. The summed E-state index contributed by atoms with van der Waals surface area (Å²) >= 11 is 0. The Morgan fingerprint density at radius 1 is 1.04 bits per heavy atom. The van der Waals surface area contributed by atoms with Crippen LogP contribution in [0.2, 0.25) is 0 Å². The molecule has 2 aromatic rings. The van der Waals surface area contributed by atoms with Gasteiger partial charge in [-0.25, -0.2) is 9.82 Å². The summed E-state index contributed by atoms with van der Waals surface area (Å²) in [5.41, 5.74) is 4.51. The third-order valence-corrected chi connectivity index (χ3v) is 4.62. The fourth-order valence-electron chi connectivity index (χ4n) is 3.23. The molecule has 1 amide bonds. The van der Waals surface area contributed by atoms with Crippen molar-refractivity contribution in [2.24, 2.45) is 5.10 Å². The number of carbonyl (C=O) groups excluding carboxylic acids is 1. The Kier molecular flexibility index (Phi) is 6.46. The lowest BCUT2D eigenvalue weighted by Crippen LogP contribution is -3.28. The maximum absolute atomic E-state index is 13.1. The molecule has 0 unspecified atom stereocenters. The molecule has 0 atom stereocenters. The van der Waals surface area contributed by atoms with Crippen molar-refractivity contribution in [2.75, 3.05) is 32.7 Å². The van der Waals surface area contributed by atoms with Gasteiger partial charge in [-0.3, -0.25) is 4.79 Å². The molecular formula is C20H25FN4O+2. The van der Waals surface area contributed by atoms with Crippen molar-refractivity contribution >= 4 is 12.1 Å². The van der Waals surface area contributed by atoms with Crippen LogP contribution in [0.4, 0.5) is 4.39 Å². The monoisotopic (exact) mass is 356 g/mol. The van der Waals surface area contributed by atoms with E-state index in [4.69, 9.17) is 0 Å². The van der Waals surface area contributed by atoms with Crippen LogP contribution >= 0.6 is 0 Å². The van der Waals surface area contributed by atoms with Gasteiger partial charge in [-0.2, -0.15) is 5.10 Å². The average Bonchev–Trinajstić information content (AvgIpc) is 2.64. The third kappa shape index (κ3) is 5.75. The number of hydrogen-bond acceptors (Lipinski definition) is 2. The number of hydrogen-bond donors (Lipinski definition) is 3. The van der Waals surface area contributed by atoms with Gasteiger partial charge in [0.2, 0.25) is 0 Å². The SMILES string of the molecule is O=C(C[NH+]1CC[NH+](Cc2ccccc2)CC1)NN=Cc1cccc(F)c1. The molecular weight excluding hydrogens is 331 g/mol. The summed E-state index contributed by atoms with van der Waals surface area (Å²) in [6.07, 6.45) is 1.46. The van der Waals surface area contributed by atoms with Gasteiger partial charge in [-0.1, -0.05) is 42.5 Å². The van der Waals surface area contributed by atoms with Gasteiger partial charge in [-0.05, 0) is 17.7 Å². The minimum absolute atomic E-state index is 0.112. The van der Waals surface area contributed by atoms with Crippen molar-refractivity contribution in [1.29, 1.82) is 0 Å². The second-order valence-electron chi connectivity index (χ2n) is 6.69. The van der Waals surface area contributed by atoms with E-state index < -0.39 is 0 Å². The highest BCUT2D eigenvalue weighted by Gasteiger charge is 2.24. The Morgan fingerprint density at radius 3 is 2.50 bits per heavy atom. The number of quaternary nitrogens is 2. The maximum atomic E-state index is 13.1. The predicted molar refractivity (Wildman–Crippen MR) is 98.5 cm³/mol. The van der Waals surface area contributed by atoms with E-state index in [9.17, 15) is 9.18 Å². The zero-order chi connectivity index (χ0) is 18.2. The normalized spacial score (nSPS) is 20.2. The molecule has 3 N–H and O–H groups in total. The summed E-state index contributed by atoms with van der Waals surface area (Å²) in [6.45, 7) is 5.53. The molecule has 5 nitrogen and oxygen atoms in total. The second kappa shape index (κ2) is 9.22. The maximum Gasteiger partial charge on any atom is 0.295 e. The first-order chi connectivity index (χ1) is 12.7. The minimum Gasteiger partial charge on any atom is -0.322 e. The zero-order valence-electron chi connectivity index (χ0n) is 14.7. The quantitative estimate of drug-likeness (QED) is 0.464. The molecule has 1 heterocycles. The first kappa shape index (κ1) is 18.2. The number of piperazine rings is 1. The third-order valence-electron chi connectivity index (χ3n) is 4.62. The van der Waals surface area contributed by atoms with E-state index in [-0.39, 0.29) is 11.7 Å². The number of nitrogens with one attached hydrogen (secondary N) is 3. The smallest absolute Gasteiger partial charge is 0.295 e. The molecule has 6 heteroatoms. The summed E-state index contributed by atoms with van der Waals surface area (Å²) < 4.78 is 13.1. The fraction of sp³-hybridized carbons (Fsp3) is 0.300. The number of nitrogens with zero attached hydrogens (tertiary/aromatic N) is 1. The van der Waals surface area contributed by atoms with Crippen LogP contribution in [0.15, 0.2) is 59.7 Å². The van der Waals surface area contributed by atoms with Crippen LogP contribution in [0, 0.1) is 5.82 Å². The second-order valence-corrected chi connectivity index (χ2v) is 6.69. The molecule has 1 fully saturated rings. The van der Waals surface area contributed by atoms with Crippen LogP contribution in [0.5, 0.6) is 0 Å². The molecule has 0 saturated carbocycles. The highest BCUT2D eigenvalue weighted by atomic mass is 19.1. The van der Waals surface area contributed by atoms with Crippen molar-refractivity contribution in [3.05, 3.63) is 71.5 Å². The van der Waals surface area contributed by atoms with E-state index >= 15 is 0 Å². The van der Waals surface area contributed by atoms with Crippen molar-refractivity contribution in [1.82, 2.24) is 5.43 Å². The molecule has 0 radical (unpaired) electrons. The van der Waals surface area contributed by atoms with Gasteiger partial charge >= 0.3 is 0 Å². The van der Waals surface area contributed by atoms with Crippen LogP contribution in [0.3, 0.4) is 0 Å². The van der Waals surface area contributed by atoms with E-state index in [1.807, 2.05) is 6.07 Å². The van der Waals surface area contributed by atoms with Crippen LogP contribution in [-0.4, -0.2) is 44.8 Å². The molecule has 2 aromatic carbocycles. The van der Waals surface area contributed by atoms with Gasteiger partial charge in [-0.15, -0.1) is 0 Å². The molecule has 0 bridgehead atoms. The summed E-state index contributed by atoms with van der Waals surface area (Å²) in [6, 6.07) is 16.6. The van der Waals surface area contributed by atoms with Crippen molar-refractivity contribution in [3.63, 3.8) is 0 Å². The topological polar surface area (TPSA) is 50.3 Å². The predicted octanol–water partition coefficient (Wildman–Crippen LogP) is -0.741. The lowest BCUT2D eigenvalue weighted by Gasteiger charge is -2.29. The number of benzene rings is 2. The van der Waals surface area contributed by atoms with E-state index in [2.05, 4.69) is 34.8 Å². The van der Waals surface area contributed by atoms with Crippen molar-refractivity contribution < 1.29 is 19.0 Å². The zero-order valence-corrected chi connectivity index (χ0v) is 14.7. The summed E-state index contributed by atoms with van der Waals surface area (Å²) in [7, 11) is 0. The Labute approximate surface area is 153 Å². The van der Waals surface area contributed by atoms with Gasteiger partial charge in [0.25, 0.3) is 5.91 Å². The Morgan fingerprint density at radius 2 is 1.77 bits per heavy atom. The number of carbonyl (C=O) groups is 1. The Balaban J connectivity index is 1.38. The highest BCUT2D eigenvalue weighted by molar-refractivity contribution is 5.82. The largest absolute Gasteiger partial charge is 0.322 e. The van der Waals surface area contributed by atoms with Crippen LogP contribution in [-0.2, 0) is 11.3 Å². The molecule has 26 heavy (non-hydrogen) atoms. The number of hydrazone groups is 1. The van der Waals surface area contributed by atoms with E-state index in [1.54, 1.807) is 17.0 Å². The number of amides is 1. The summed E-state index contributed by atoms with van der Waals surface area (Å²) in [5.74, 6) is -0.431. The van der Waals surface area contributed by atoms with Crippen LogP contribution < -0.4 is 15.2 Å². The molecule has 1 aliphatic rings. The molecule has 1 aliphatic heterocycles. The Bertz CT molecular complexity index is 742. The van der Waals surface area contributed by atoms with Crippen LogP contribution in [0.25, 0.3) is 0 Å². The van der Waals surface area contributed by atoms with Gasteiger partial charge in [0, 0.05) is 5.56 Å². The van der Waals surface area contributed by atoms with Crippen molar-refractivity contribution in [3.8, 4) is 0 Å². The summed E-state index contributed by atoms with van der Waals surface area (Å²) in [5, 5.41) is 3.91.